The second kappa shape index (κ2) is 6.74. The Labute approximate surface area is 143 Å². The number of nitrogens with zero attached hydrogens (tertiary/aromatic N) is 3. The van der Waals surface area contributed by atoms with Gasteiger partial charge in [0.05, 0.1) is 25.0 Å². The van der Waals surface area contributed by atoms with Gasteiger partial charge in [-0.2, -0.15) is 4.98 Å². The number of hydrogen-bond donors (Lipinski definition) is 1. The van der Waals surface area contributed by atoms with Crippen molar-refractivity contribution < 1.29 is 13.4 Å². The molecule has 4 rings (SSSR count). The lowest BCUT2D eigenvalue weighted by molar-refractivity contribution is 0.347. The molecule has 1 N–H and O–H groups in total. The van der Waals surface area contributed by atoms with Crippen LogP contribution in [0.5, 0.6) is 0 Å². The van der Waals surface area contributed by atoms with Gasteiger partial charge in [0.2, 0.25) is 17.6 Å². The van der Waals surface area contributed by atoms with Crippen molar-refractivity contribution in [3.63, 3.8) is 0 Å². The van der Waals surface area contributed by atoms with Gasteiger partial charge in [-0.15, -0.1) is 0 Å². The third-order valence-corrected chi connectivity index (χ3v) is 3.72. The topological polar surface area (TPSA) is 90.1 Å². The van der Waals surface area contributed by atoms with Gasteiger partial charge in [0.15, 0.2) is 11.5 Å². The van der Waals surface area contributed by atoms with Gasteiger partial charge in [-0.25, -0.2) is 4.98 Å². The minimum Gasteiger partial charge on any atom is -0.461 e. The molecule has 0 fully saturated rings. The molecule has 0 spiro atoms. The van der Waals surface area contributed by atoms with Crippen LogP contribution in [0.15, 0.2) is 68.3 Å². The van der Waals surface area contributed by atoms with E-state index in [0.717, 1.165) is 11.3 Å². The average molecular weight is 336 g/mol. The van der Waals surface area contributed by atoms with Crippen molar-refractivity contribution in [2.75, 3.05) is 0 Å². The number of hydrogen-bond acceptors (Lipinski definition) is 7. The second-order valence-corrected chi connectivity index (χ2v) is 5.52. The maximum atomic E-state index is 5.83. The third-order valence-electron chi connectivity index (χ3n) is 3.72. The summed E-state index contributed by atoms with van der Waals surface area (Å²) in [5.74, 6) is 2.81. The van der Waals surface area contributed by atoms with Crippen LogP contribution >= 0.6 is 0 Å². The SMILES string of the molecule is CC(NCc1nc(-c2ccco2)no1)c1ncc(-c2ccccc2)o1. The summed E-state index contributed by atoms with van der Waals surface area (Å²) in [4.78, 5) is 8.63. The summed E-state index contributed by atoms with van der Waals surface area (Å²) in [6.45, 7) is 2.36. The van der Waals surface area contributed by atoms with Crippen molar-refractivity contribution in [2.45, 2.75) is 19.5 Å². The smallest absolute Gasteiger partial charge is 0.241 e. The third kappa shape index (κ3) is 3.36. The Balaban J connectivity index is 1.39. The molecule has 0 amide bonds. The Morgan fingerprint density at radius 3 is 2.76 bits per heavy atom. The van der Waals surface area contributed by atoms with E-state index in [1.807, 2.05) is 37.3 Å². The molecule has 0 saturated carbocycles. The molecular formula is C18H16N4O3. The largest absolute Gasteiger partial charge is 0.461 e. The molecule has 0 radical (unpaired) electrons. The lowest BCUT2D eigenvalue weighted by atomic mass is 10.2. The van der Waals surface area contributed by atoms with Crippen LogP contribution in [-0.2, 0) is 6.54 Å². The van der Waals surface area contributed by atoms with Crippen LogP contribution in [0.1, 0.15) is 24.7 Å². The molecule has 25 heavy (non-hydrogen) atoms. The van der Waals surface area contributed by atoms with E-state index in [0.29, 0.717) is 29.9 Å². The number of nitrogens with one attached hydrogen (secondary N) is 1. The maximum Gasteiger partial charge on any atom is 0.241 e. The predicted octanol–water partition coefficient (Wildman–Crippen LogP) is 3.84. The van der Waals surface area contributed by atoms with Gasteiger partial charge in [-0.3, -0.25) is 5.32 Å². The van der Waals surface area contributed by atoms with Gasteiger partial charge in [0.25, 0.3) is 0 Å². The Morgan fingerprint density at radius 2 is 1.96 bits per heavy atom. The zero-order valence-electron chi connectivity index (χ0n) is 13.5. The normalized spacial score (nSPS) is 12.4. The van der Waals surface area contributed by atoms with Crippen LogP contribution in [0.4, 0.5) is 0 Å². The van der Waals surface area contributed by atoms with Crippen LogP contribution < -0.4 is 5.32 Å². The number of benzene rings is 1. The number of furan rings is 1. The molecule has 0 aliphatic heterocycles. The van der Waals surface area contributed by atoms with Gasteiger partial charge in [0, 0.05) is 5.56 Å². The minimum atomic E-state index is -0.101. The summed E-state index contributed by atoms with van der Waals surface area (Å²) in [6.07, 6.45) is 3.29. The molecule has 4 aromatic rings. The van der Waals surface area contributed by atoms with E-state index in [4.69, 9.17) is 13.4 Å². The van der Waals surface area contributed by atoms with Gasteiger partial charge in [0.1, 0.15) is 0 Å². The highest BCUT2D eigenvalue weighted by molar-refractivity contribution is 5.55. The first-order valence-corrected chi connectivity index (χ1v) is 7.90. The molecule has 0 aliphatic carbocycles. The summed E-state index contributed by atoms with van der Waals surface area (Å²) in [7, 11) is 0. The van der Waals surface area contributed by atoms with Crippen molar-refractivity contribution in [1.29, 1.82) is 0 Å². The summed E-state index contributed by atoms with van der Waals surface area (Å²) >= 11 is 0. The van der Waals surface area contributed by atoms with E-state index in [1.165, 1.54) is 0 Å². The summed E-state index contributed by atoms with van der Waals surface area (Å²) in [5.41, 5.74) is 0.994. The van der Waals surface area contributed by atoms with Crippen LogP contribution in [0.3, 0.4) is 0 Å². The monoisotopic (exact) mass is 336 g/mol. The molecular weight excluding hydrogens is 320 g/mol. The first kappa shape index (κ1) is 15.3. The summed E-state index contributed by atoms with van der Waals surface area (Å²) < 4.78 is 16.3. The first-order valence-electron chi connectivity index (χ1n) is 7.90. The zero-order valence-corrected chi connectivity index (χ0v) is 13.5. The van der Waals surface area contributed by atoms with Crippen molar-refractivity contribution in [3.8, 4) is 22.9 Å². The number of rotatable bonds is 6. The van der Waals surface area contributed by atoms with Crippen molar-refractivity contribution in [1.82, 2.24) is 20.4 Å². The van der Waals surface area contributed by atoms with E-state index in [-0.39, 0.29) is 6.04 Å². The molecule has 7 heteroatoms. The number of oxazole rings is 1. The molecule has 7 nitrogen and oxygen atoms in total. The molecule has 0 aliphatic rings. The van der Waals surface area contributed by atoms with E-state index in [9.17, 15) is 0 Å². The molecule has 126 valence electrons. The van der Waals surface area contributed by atoms with E-state index >= 15 is 0 Å². The molecule has 3 aromatic heterocycles. The maximum absolute atomic E-state index is 5.83. The average Bonchev–Trinajstić information content (AvgIpc) is 3.41. The molecule has 1 aromatic carbocycles. The van der Waals surface area contributed by atoms with Gasteiger partial charge >= 0.3 is 0 Å². The predicted molar refractivity (Wildman–Crippen MR) is 89.2 cm³/mol. The van der Waals surface area contributed by atoms with E-state index < -0.39 is 0 Å². The standard InChI is InChI=1S/C18H16N4O3/c1-12(18-20-10-15(24-18)13-6-3-2-4-7-13)19-11-16-21-17(22-25-16)14-8-5-9-23-14/h2-10,12,19H,11H2,1H3. The van der Waals surface area contributed by atoms with Gasteiger partial charge in [-0.05, 0) is 19.1 Å². The van der Waals surface area contributed by atoms with E-state index in [2.05, 4.69) is 20.4 Å². The zero-order chi connectivity index (χ0) is 17.1. The first-order chi connectivity index (χ1) is 12.3. The Morgan fingerprint density at radius 1 is 1.08 bits per heavy atom. The van der Waals surface area contributed by atoms with Crippen LogP contribution in [0.2, 0.25) is 0 Å². The fourth-order valence-electron chi connectivity index (χ4n) is 2.38. The van der Waals surface area contributed by atoms with Crippen LogP contribution in [-0.4, -0.2) is 15.1 Å². The lowest BCUT2D eigenvalue weighted by Gasteiger charge is -2.07. The van der Waals surface area contributed by atoms with Crippen molar-refractivity contribution in [2.24, 2.45) is 0 Å². The van der Waals surface area contributed by atoms with Crippen LogP contribution in [0.25, 0.3) is 22.9 Å². The fourth-order valence-corrected chi connectivity index (χ4v) is 2.38. The Hall–Kier alpha value is -3.19. The molecule has 0 saturated heterocycles. The second-order valence-electron chi connectivity index (χ2n) is 5.52. The van der Waals surface area contributed by atoms with Gasteiger partial charge in [-0.1, -0.05) is 35.5 Å². The highest BCUT2D eigenvalue weighted by Crippen LogP contribution is 2.23. The van der Waals surface area contributed by atoms with Crippen LogP contribution in [0, 0.1) is 0 Å². The lowest BCUT2D eigenvalue weighted by Crippen LogP contribution is -2.18. The minimum absolute atomic E-state index is 0.101. The highest BCUT2D eigenvalue weighted by Gasteiger charge is 2.15. The molecule has 0 bridgehead atoms. The highest BCUT2D eigenvalue weighted by atomic mass is 16.5. The number of aromatic nitrogens is 3. The quantitative estimate of drug-likeness (QED) is 0.572. The summed E-state index contributed by atoms with van der Waals surface area (Å²) in [6, 6.07) is 13.3. The van der Waals surface area contributed by atoms with Gasteiger partial charge < -0.3 is 13.4 Å². The van der Waals surface area contributed by atoms with Crippen molar-refractivity contribution >= 4 is 0 Å². The Kier molecular flexibility index (Phi) is 4.14. The summed E-state index contributed by atoms with van der Waals surface area (Å²) in [5, 5.41) is 7.15. The van der Waals surface area contributed by atoms with Crippen molar-refractivity contribution in [3.05, 3.63) is 66.7 Å². The fraction of sp³-hybridized carbons (Fsp3) is 0.167. The molecule has 3 heterocycles. The Bertz CT molecular complexity index is 928. The molecule has 1 atom stereocenters. The molecule has 1 unspecified atom stereocenters. The van der Waals surface area contributed by atoms with E-state index in [1.54, 1.807) is 24.6 Å².